The van der Waals surface area contributed by atoms with Crippen LogP contribution in [0.3, 0.4) is 0 Å². The van der Waals surface area contributed by atoms with E-state index in [-0.39, 0.29) is 11.8 Å². The van der Waals surface area contributed by atoms with E-state index in [0.29, 0.717) is 11.3 Å². The van der Waals surface area contributed by atoms with Crippen LogP contribution in [0.2, 0.25) is 0 Å². The molecule has 1 unspecified atom stereocenters. The lowest BCUT2D eigenvalue weighted by Gasteiger charge is -2.26. The Morgan fingerprint density at radius 2 is 2.33 bits per heavy atom. The van der Waals surface area contributed by atoms with Gasteiger partial charge in [-0.25, -0.2) is 0 Å². The normalized spacial score (nSPS) is 32.8. The Labute approximate surface area is 126 Å². The summed E-state index contributed by atoms with van der Waals surface area (Å²) in [5.41, 5.74) is 1.49. The number of aromatic nitrogens is 2. The minimum absolute atomic E-state index is 0.0633. The first-order chi connectivity index (χ1) is 10.0. The number of aryl methyl sites for hydroxylation is 1. The van der Waals surface area contributed by atoms with Gasteiger partial charge in [-0.1, -0.05) is 13.8 Å². The summed E-state index contributed by atoms with van der Waals surface area (Å²) in [5, 5.41) is 7.64. The lowest BCUT2D eigenvalue weighted by Crippen LogP contribution is -2.38. The molecule has 0 bridgehead atoms. The van der Waals surface area contributed by atoms with Crippen LogP contribution in [0.5, 0.6) is 0 Å². The highest BCUT2D eigenvalue weighted by Gasteiger charge is 2.41. The minimum Gasteiger partial charge on any atom is -0.342 e. The molecule has 1 amide bonds. The first kappa shape index (κ1) is 14.6. The summed E-state index contributed by atoms with van der Waals surface area (Å²) in [7, 11) is 1.93. The van der Waals surface area contributed by atoms with E-state index in [1.165, 1.54) is 5.56 Å². The van der Waals surface area contributed by atoms with Crippen LogP contribution < -0.4 is 5.32 Å². The zero-order valence-electron chi connectivity index (χ0n) is 13.3. The number of rotatable bonds is 3. The topological polar surface area (TPSA) is 50.2 Å². The largest absolute Gasteiger partial charge is 0.342 e. The Hall–Kier alpha value is -1.36. The molecule has 0 spiro atoms. The Kier molecular flexibility index (Phi) is 3.78. The van der Waals surface area contributed by atoms with Crippen molar-refractivity contribution in [3.05, 3.63) is 18.0 Å². The van der Waals surface area contributed by atoms with Crippen molar-refractivity contribution in [3.63, 3.8) is 0 Å². The first-order valence-corrected chi connectivity index (χ1v) is 8.00. The van der Waals surface area contributed by atoms with Gasteiger partial charge >= 0.3 is 0 Å². The molecule has 1 aromatic rings. The quantitative estimate of drug-likeness (QED) is 0.915. The molecule has 116 valence electrons. The molecule has 21 heavy (non-hydrogen) atoms. The molecule has 2 aliphatic heterocycles. The molecule has 3 rings (SSSR count). The summed E-state index contributed by atoms with van der Waals surface area (Å²) in [6.07, 6.45) is 6.22. The molecular formula is C16H26N4O. The average molecular weight is 290 g/mol. The number of hydrogen-bond donors (Lipinski definition) is 1. The molecule has 3 atom stereocenters. The third-order valence-electron chi connectivity index (χ3n) is 5.41. The maximum absolute atomic E-state index is 12.9. The van der Waals surface area contributed by atoms with Crippen LogP contribution in [0.4, 0.5) is 0 Å². The molecule has 2 saturated heterocycles. The van der Waals surface area contributed by atoms with E-state index in [1.807, 2.05) is 24.1 Å². The van der Waals surface area contributed by atoms with Gasteiger partial charge in [0.05, 0.1) is 12.1 Å². The number of amides is 1. The smallest absolute Gasteiger partial charge is 0.227 e. The van der Waals surface area contributed by atoms with E-state index in [9.17, 15) is 4.79 Å². The number of likely N-dealkylation sites (tertiary alicyclic amines) is 1. The monoisotopic (exact) mass is 290 g/mol. The van der Waals surface area contributed by atoms with Crippen molar-refractivity contribution < 1.29 is 4.79 Å². The van der Waals surface area contributed by atoms with Gasteiger partial charge in [0.2, 0.25) is 5.91 Å². The van der Waals surface area contributed by atoms with Crippen molar-refractivity contribution in [2.75, 3.05) is 26.2 Å². The Bertz CT molecular complexity index is 526. The molecule has 2 aliphatic rings. The van der Waals surface area contributed by atoms with Crippen molar-refractivity contribution in [2.45, 2.75) is 32.6 Å². The lowest BCUT2D eigenvalue weighted by molar-refractivity contribution is -0.134. The summed E-state index contributed by atoms with van der Waals surface area (Å²) < 4.78 is 1.82. The lowest BCUT2D eigenvalue weighted by atomic mass is 9.87. The highest BCUT2D eigenvalue weighted by Crippen LogP contribution is 2.36. The maximum atomic E-state index is 12.9. The Balaban J connectivity index is 1.72. The highest BCUT2D eigenvalue weighted by atomic mass is 16.2. The van der Waals surface area contributed by atoms with Gasteiger partial charge in [0.1, 0.15) is 0 Å². The number of hydrogen-bond acceptors (Lipinski definition) is 3. The summed E-state index contributed by atoms with van der Waals surface area (Å²) in [6, 6.07) is 0. The molecule has 5 heteroatoms. The van der Waals surface area contributed by atoms with E-state index in [1.54, 1.807) is 0 Å². The predicted octanol–water partition coefficient (Wildman–Crippen LogP) is 1.37. The molecule has 5 nitrogen and oxygen atoms in total. The Morgan fingerprint density at radius 3 is 2.95 bits per heavy atom. The minimum atomic E-state index is 0.0633. The summed E-state index contributed by atoms with van der Waals surface area (Å²) in [4.78, 5) is 15.0. The van der Waals surface area contributed by atoms with Gasteiger partial charge in [-0.05, 0) is 23.8 Å². The number of nitrogens with one attached hydrogen (secondary N) is 1. The van der Waals surface area contributed by atoms with Crippen molar-refractivity contribution in [2.24, 2.45) is 18.4 Å². The maximum Gasteiger partial charge on any atom is 0.227 e. The summed E-state index contributed by atoms with van der Waals surface area (Å²) in [5.74, 6) is 0.652. The van der Waals surface area contributed by atoms with Crippen LogP contribution in [0.1, 0.15) is 38.2 Å². The van der Waals surface area contributed by atoms with E-state index >= 15 is 0 Å². The van der Waals surface area contributed by atoms with Crippen LogP contribution in [0, 0.1) is 11.3 Å². The van der Waals surface area contributed by atoms with Crippen LogP contribution >= 0.6 is 0 Å². The molecular weight excluding hydrogens is 264 g/mol. The zero-order valence-corrected chi connectivity index (χ0v) is 13.3. The van der Waals surface area contributed by atoms with Crippen molar-refractivity contribution in [1.82, 2.24) is 20.0 Å². The second-order valence-electron chi connectivity index (χ2n) is 6.99. The van der Waals surface area contributed by atoms with Crippen LogP contribution in [0.15, 0.2) is 12.4 Å². The molecule has 3 heterocycles. The van der Waals surface area contributed by atoms with Gasteiger partial charge < -0.3 is 10.2 Å². The highest BCUT2D eigenvalue weighted by molar-refractivity contribution is 5.81. The van der Waals surface area contributed by atoms with Crippen LogP contribution in [0.25, 0.3) is 0 Å². The predicted molar refractivity (Wildman–Crippen MR) is 81.9 cm³/mol. The van der Waals surface area contributed by atoms with Gasteiger partial charge in [-0.15, -0.1) is 0 Å². The fourth-order valence-electron chi connectivity index (χ4n) is 3.66. The van der Waals surface area contributed by atoms with Gasteiger partial charge in [0.15, 0.2) is 0 Å². The van der Waals surface area contributed by atoms with E-state index < -0.39 is 0 Å². The van der Waals surface area contributed by atoms with Crippen molar-refractivity contribution in [3.8, 4) is 0 Å². The van der Waals surface area contributed by atoms with Crippen LogP contribution in [-0.4, -0.2) is 46.8 Å². The summed E-state index contributed by atoms with van der Waals surface area (Å²) >= 11 is 0. The van der Waals surface area contributed by atoms with Gasteiger partial charge in [0.25, 0.3) is 0 Å². The molecule has 0 aromatic carbocycles. The fraction of sp³-hybridized carbons (Fsp3) is 0.750. The van der Waals surface area contributed by atoms with Crippen LogP contribution in [-0.2, 0) is 11.8 Å². The second-order valence-corrected chi connectivity index (χ2v) is 6.99. The number of carbonyl (C=O) groups excluding carboxylic acids is 1. The fourth-order valence-corrected chi connectivity index (χ4v) is 3.66. The van der Waals surface area contributed by atoms with E-state index in [2.05, 4.69) is 29.2 Å². The number of carbonyl (C=O) groups is 1. The molecule has 0 saturated carbocycles. The number of nitrogens with zero attached hydrogens (tertiary/aromatic N) is 3. The summed E-state index contributed by atoms with van der Waals surface area (Å²) in [6.45, 7) is 8.02. The molecule has 1 N–H and O–H groups in total. The standard InChI is InChI=1S/C16H26N4O/c1-4-16(2)5-6-20(11-16)15(21)14-9-17-8-13(14)12-7-18-19(3)10-12/h7,10,13-14,17H,4-6,8-9,11H2,1-3H3/t13-,14+,16?/m1/s1. The zero-order chi connectivity index (χ0) is 15.0. The molecule has 1 aromatic heterocycles. The Morgan fingerprint density at radius 1 is 1.52 bits per heavy atom. The average Bonchev–Trinajstić information content (AvgIpc) is 3.17. The third kappa shape index (κ3) is 2.71. The third-order valence-corrected chi connectivity index (χ3v) is 5.41. The first-order valence-electron chi connectivity index (χ1n) is 8.00. The molecule has 2 fully saturated rings. The van der Waals surface area contributed by atoms with Crippen molar-refractivity contribution in [1.29, 1.82) is 0 Å². The van der Waals surface area contributed by atoms with Gasteiger partial charge in [-0.2, -0.15) is 5.10 Å². The van der Waals surface area contributed by atoms with Gasteiger partial charge in [0, 0.05) is 45.3 Å². The second kappa shape index (κ2) is 5.44. The SMILES string of the molecule is CCC1(C)CCN(C(=O)[C@H]2CNC[C@@H]2c2cnn(C)c2)C1. The molecule has 0 radical (unpaired) electrons. The molecule has 0 aliphatic carbocycles. The van der Waals surface area contributed by atoms with E-state index in [4.69, 9.17) is 0 Å². The van der Waals surface area contributed by atoms with Crippen molar-refractivity contribution >= 4 is 5.91 Å². The van der Waals surface area contributed by atoms with Gasteiger partial charge in [-0.3, -0.25) is 9.48 Å². The van der Waals surface area contributed by atoms with E-state index in [0.717, 1.165) is 39.0 Å².